The zero-order valence-corrected chi connectivity index (χ0v) is 10.6. The van der Waals surface area contributed by atoms with E-state index in [9.17, 15) is 0 Å². The predicted molar refractivity (Wildman–Crippen MR) is 66.3 cm³/mol. The molecule has 1 N–H and O–H groups in total. The van der Waals surface area contributed by atoms with Gasteiger partial charge in [0.2, 0.25) is 0 Å². The van der Waals surface area contributed by atoms with Crippen molar-refractivity contribution in [2.75, 3.05) is 45.8 Å². The maximum absolute atomic E-state index is 3.47. The summed E-state index contributed by atoms with van der Waals surface area (Å²) in [7, 11) is 0. The molecule has 1 aliphatic rings. The van der Waals surface area contributed by atoms with Gasteiger partial charge in [-0.05, 0) is 13.0 Å². The second-order valence-electron chi connectivity index (χ2n) is 4.79. The first-order chi connectivity index (χ1) is 7.22. The average Bonchev–Trinajstić information content (AvgIpc) is 2.20. The van der Waals surface area contributed by atoms with Crippen LogP contribution in [0.3, 0.4) is 0 Å². The maximum atomic E-state index is 3.47. The van der Waals surface area contributed by atoms with Crippen LogP contribution in [0.25, 0.3) is 0 Å². The topological polar surface area (TPSA) is 18.5 Å². The Morgan fingerprint density at radius 3 is 2.00 bits per heavy atom. The second kappa shape index (κ2) is 7.20. The third-order valence-electron chi connectivity index (χ3n) is 2.99. The Bertz CT molecular complexity index is 151. The van der Waals surface area contributed by atoms with Crippen LogP contribution in [-0.2, 0) is 0 Å². The Balaban J connectivity index is 2.04. The summed E-state index contributed by atoms with van der Waals surface area (Å²) in [6.07, 6.45) is 1.29. The summed E-state index contributed by atoms with van der Waals surface area (Å²) >= 11 is 0. The van der Waals surface area contributed by atoms with Gasteiger partial charge in [-0.1, -0.05) is 20.8 Å². The molecule has 90 valence electrons. The van der Waals surface area contributed by atoms with Gasteiger partial charge < -0.3 is 10.2 Å². The van der Waals surface area contributed by atoms with E-state index in [1.165, 1.54) is 45.7 Å². The van der Waals surface area contributed by atoms with Crippen molar-refractivity contribution in [2.24, 2.45) is 0 Å². The van der Waals surface area contributed by atoms with Crippen molar-refractivity contribution in [3.05, 3.63) is 0 Å². The molecular weight excluding hydrogens is 186 g/mol. The fraction of sp³-hybridized carbons (Fsp3) is 1.00. The van der Waals surface area contributed by atoms with Crippen LogP contribution in [0.1, 0.15) is 27.2 Å². The molecule has 0 radical (unpaired) electrons. The van der Waals surface area contributed by atoms with E-state index >= 15 is 0 Å². The molecule has 0 atom stereocenters. The van der Waals surface area contributed by atoms with Crippen molar-refractivity contribution in [3.8, 4) is 0 Å². The van der Waals surface area contributed by atoms with Gasteiger partial charge in [-0.3, -0.25) is 4.90 Å². The molecule has 3 heteroatoms. The predicted octanol–water partition coefficient (Wildman–Crippen LogP) is 1.01. The highest BCUT2D eigenvalue weighted by Crippen LogP contribution is 2.01. The van der Waals surface area contributed by atoms with E-state index in [0.29, 0.717) is 6.04 Å². The monoisotopic (exact) mass is 213 g/mol. The summed E-state index contributed by atoms with van der Waals surface area (Å²) in [5.74, 6) is 0. The van der Waals surface area contributed by atoms with Crippen LogP contribution < -0.4 is 5.32 Å². The Kier molecular flexibility index (Phi) is 6.22. The number of hydrogen-bond acceptors (Lipinski definition) is 3. The lowest BCUT2D eigenvalue weighted by Gasteiger charge is -2.34. The summed E-state index contributed by atoms with van der Waals surface area (Å²) in [4.78, 5) is 5.15. The summed E-state index contributed by atoms with van der Waals surface area (Å²) in [5, 5.41) is 3.47. The molecule has 0 unspecified atom stereocenters. The first-order valence-electron chi connectivity index (χ1n) is 6.40. The van der Waals surface area contributed by atoms with E-state index < -0.39 is 0 Å². The average molecular weight is 213 g/mol. The van der Waals surface area contributed by atoms with Crippen LogP contribution in [0.15, 0.2) is 0 Å². The molecule has 1 aliphatic heterocycles. The van der Waals surface area contributed by atoms with E-state index in [2.05, 4.69) is 35.9 Å². The Morgan fingerprint density at radius 1 is 1.00 bits per heavy atom. The van der Waals surface area contributed by atoms with Crippen LogP contribution in [-0.4, -0.2) is 61.7 Å². The summed E-state index contributed by atoms with van der Waals surface area (Å²) < 4.78 is 0. The largest absolute Gasteiger partial charge is 0.313 e. The van der Waals surface area contributed by atoms with Crippen molar-refractivity contribution in [1.82, 2.24) is 15.1 Å². The summed E-state index contributed by atoms with van der Waals surface area (Å²) in [6, 6.07) is 0.617. The highest BCUT2D eigenvalue weighted by molar-refractivity contribution is 4.72. The number of hydrogen-bond donors (Lipinski definition) is 1. The van der Waals surface area contributed by atoms with Gasteiger partial charge in [-0.15, -0.1) is 0 Å². The molecule has 0 aromatic heterocycles. The zero-order chi connectivity index (χ0) is 11.1. The third kappa shape index (κ3) is 5.50. The SMILES string of the molecule is CCCN1CCN(CCNC(C)C)CC1. The molecule has 0 bridgehead atoms. The van der Waals surface area contributed by atoms with Crippen LogP contribution in [0.5, 0.6) is 0 Å². The van der Waals surface area contributed by atoms with Crippen molar-refractivity contribution in [3.63, 3.8) is 0 Å². The quantitative estimate of drug-likeness (QED) is 0.710. The standard InChI is InChI=1S/C12H27N3/c1-4-6-14-8-10-15(11-9-14)7-5-13-12(2)3/h12-13H,4-11H2,1-3H3. The first-order valence-corrected chi connectivity index (χ1v) is 6.40. The maximum Gasteiger partial charge on any atom is 0.0110 e. The minimum atomic E-state index is 0.617. The third-order valence-corrected chi connectivity index (χ3v) is 2.99. The van der Waals surface area contributed by atoms with Gasteiger partial charge in [0.15, 0.2) is 0 Å². The van der Waals surface area contributed by atoms with Crippen LogP contribution >= 0.6 is 0 Å². The minimum Gasteiger partial charge on any atom is -0.313 e. The van der Waals surface area contributed by atoms with Gasteiger partial charge in [-0.25, -0.2) is 0 Å². The van der Waals surface area contributed by atoms with E-state index in [1.54, 1.807) is 0 Å². The second-order valence-corrected chi connectivity index (χ2v) is 4.79. The smallest absolute Gasteiger partial charge is 0.0110 e. The lowest BCUT2D eigenvalue weighted by Crippen LogP contribution is -2.48. The molecule has 1 saturated heterocycles. The van der Waals surface area contributed by atoms with Crippen molar-refractivity contribution < 1.29 is 0 Å². The Hall–Kier alpha value is -0.120. The molecule has 0 aromatic carbocycles. The van der Waals surface area contributed by atoms with Gasteiger partial charge in [-0.2, -0.15) is 0 Å². The summed E-state index contributed by atoms with van der Waals surface area (Å²) in [6.45, 7) is 15.3. The van der Waals surface area contributed by atoms with Gasteiger partial charge >= 0.3 is 0 Å². The van der Waals surface area contributed by atoms with E-state index in [0.717, 1.165) is 6.54 Å². The van der Waals surface area contributed by atoms with Crippen molar-refractivity contribution >= 4 is 0 Å². The van der Waals surface area contributed by atoms with Crippen LogP contribution in [0.2, 0.25) is 0 Å². The Morgan fingerprint density at radius 2 is 1.53 bits per heavy atom. The lowest BCUT2D eigenvalue weighted by molar-refractivity contribution is 0.132. The van der Waals surface area contributed by atoms with Crippen molar-refractivity contribution in [2.45, 2.75) is 33.2 Å². The number of piperazine rings is 1. The zero-order valence-electron chi connectivity index (χ0n) is 10.6. The highest BCUT2D eigenvalue weighted by Gasteiger charge is 2.15. The van der Waals surface area contributed by atoms with E-state index in [4.69, 9.17) is 0 Å². The molecule has 3 nitrogen and oxygen atoms in total. The normalized spacial score (nSPS) is 20.0. The molecule has 1 fully saturated rings. The molecule has 1 rings (SSSR count). The molecule has 0 aromatic rings. The molecule has 0 aliphatic carbocycles. The highest BCUT2D eigenvalue weighted by atomic mass is 15.3. The van der Waals surface area contributed by atoms with Crippen LogP contribution in [0, 0.1) is 0 Å². The van der Waals surface area contributed by atoms with Gasteiger partial charge in [0, 0.05) is 45.3 Å². The summed E-state index contributed by atoms with van der Waals surface area (Å²) in [5.41, 5.74) is 0. The number of nitrogens with zero attached hydrogens (tertiary/aromatic N) is 2. The lowest BCUT2D eigenvalue weighted by atomic mass is 10.3. The number of rotatable bonds is 6. The molecule has 15 heavy (non-hydrogen) atoms. The molecule has 1 heterocycles. The fourth-order valence-corrected chi connectivity index (χ4v) is 2.06. The van der Waals surface area contributed by atoms with E-state index in [1.807, 2.05) is 0 Å². The molecule has 0 spiro atoms. The van der Waals surface area contributed by atoms with Gasteiger partial charge in [0.25, 0.3) is 0 Å². The van der Waals surface area contributed by atoms with E-state index in [-0.39, 0.29) is 0 Å². The van der Waals surface area contributed by atoms with Gasteiger partial charge in [0.05, 0.1) is 0 Å². The van der Waals surface area contributed by atoms with Gasteiger partial charge in [0.1, 0.15) is 0 Å². The molecular formula is C12H27N3. The molecule has 0 saturated carbocycles. The Labute approximate surface area is 94.8 Å². The fourth-order valence-electron chi connectivity index (χ4n) is 2.06. The number of nitrogens with one attached hydrogen (secondary N) is 1. The first kappa shape index (κ1) is 12.9. The molecule has 0 amide bonds. The van der Waals surface area contributed by atoms with Crippen molar-refractivity contribution in [1.29, 1.82) is 0 Å². The van der Waals surface area contributed by atoms with Crippen LogP contribution in [0.4, 0.5) is 0 Å². The minimum absolute atomic E-state index is 0.617.